The maximum absolute atomic E-state index is 15.0. The van der Waals surface area contributed by atoms with Crippen LogP contribution in [0.25, 0.3) is 16.8 Å². The minimum atomic E-state index is -1.55. The summed E-state index contributed by atoms with van der Waals surface area (Å²) >= 11 is 0. The Balaban J connectivity index is 1.31. The molecule has 5 aromatic rings. The minimum Gasteiger partial charge on any atom is -0.459 e. The largest absolute Gasteiger partial charge is 0.459 e. The third-order valence-electron chi connectivity index (χ3n) is 13.3. The molecule has 1 saturated carbocycles. The van der Waals surface area contributed by atoms with Crippen molar-refractivity contribution < 1.29 is 43.4 Å². The standard InChI is InChI=1S/C54H56FN3O9/c1-3-30-65-54-50(57(35-37-14-20-41(55)21-15-37)51(61)27-18-36-16-22-42(23-17-36)58(62)63)34-48(56-64-2)46-32-40(12-6-8-28-59)45(13-7-9-29-60)52(53(46)54)47-33-44(25-26-49(47)67-54)66-43-24-19-38-10-4-5-11-39(38)31-43/h3-5,10-11,14-27,31-33,40,45,50,52-53,59-60H,1,6-9,12-13,28-30,34-35H2,2H3. The summed E-state index contributed by atoms with van der Waals surface area (Å²) in [7, 11) is 1.49. The molecule has 3 aliphatic rings. The Morgan fingerprint density at radius 1 is 0.940 bits per heavy atom. The fourth-order valence-electron chi connectivity index (χ4n) is 10.3. The number of amides is 1. The van der Waals surface area contributed by atoms with E-state index in [1.165, 1.54) is 37.5 Å². The first-order valence-electron chi connectivity index (χ1n) is 22.9. The second kappa shape index (κ2) is 21.3. The van der Waals surface area contributed by atoms with Crippen molar-refractivity contribution >= 4 is 34.2 Å². The topological polar surface area (TPSA) is 153 Å². The lowest BCUT2D eigenvalue weighted by Gasteiger charge is -2.60. The van der Waals surface area contributed by atoms with Gasteiger partial charge in [0, 0.05) is 55.9 Å². The zero-order chi connectivity index (χ0) is 46.9. The number of carbonyl (C=O) groups excluding carboxylic acids is 1. The molecule has 0 aromatic heterocycles. The molecule has 6 atom stereocenters. The molecule has 5 aromatic carbocycles. The highest BCUT2D eigenvalue weighted by Gasteiger charge is 2.65. The van der Waals surface area contributed by atoms with Gasteiger partial charge in [0.2, 0.25) is 11.7 Å². The van der Waals surface area contributed by atoms with Crippen LogP contribution in [0.2, 0.25) is 0 Å². The van der Waals surface area contributed by atoms with E-state index in [2.05, 4.69) is 23.9 Å². The minimum absolute atomic E-state index is 0.0184. The molecule has 6 unspecified atom stereocenters. The van der Waals surface area contributed by atoms with Gasteiger partial charge in [-0.15, -0.1) is 6.58 Å². The number of halogens is 1. The van der Waals surface area contributed by atoms with Gasteiger partial charge in [0.05, 0.1) is 23.2 Å². The number of non-ortho nitro benzene ring substituents is 1. The summed E-state index contributed by atoms with van der Waals surface area (Å²) in [5.41, 5.74) is 3.55. The number of rotatable bonds is 20. The molecule has 2 N–H and O–H groups in total. The van der Waals surface area contributed by atoms with E-state index in [0.717, 1.165) is 47.6 Å². The molecule has 8 rings (SSSR count). The molecule has 0 bridgehead atoms. The maximum Gasteiger partial charge on any atom is 0.269 e. The Labute approximate surface area is 389 Å². The summed E-state index contributed by atoms with van der Waals surface area (Å²) in [6.07, 6.45) is 11.4. The molecule has 12 nitrogen and oxygen atoms in total. The lowest BCUT2D eigenvalue weighted by molar-refractivity contribution is -0.384. The van der Waals surface area contributed by atoms with Gasteiger partial charge < -0.3 is 34.2 Å². The fraction of sp³-hybridized carbons (Fsp3) is 0.333. The van der Waals surface area contributed by atoms with Crippen LogP contribution < -0.4 is 9.47 Å². The molecule has 1 fully saturated rings. The van der Waals surface area contributed by atoms with Crippen molar-refractivity contribution in [1.82, 2.24) is 4.90 Å². The van der Waals surface area contributed by atoms with Crippen LogP contribution in [0.3, 0.4) is 0 Å². The summed E-state index contributed by atoms with van der Waals surface area (Å²) in [6.45, 7) is 4.24. The van der Waals surface area contributed by atoms with Gasteiger partial charge in [-0.2, -0.15) is 0 Å². The van der Waals surface area contributed by atoms with Crippen LogP contribution in [-0.2, 0) is 20.9 Å². The average molecular weight is 910 g/mol. The first kappa shape index (κ1) is 46.8. The highest BCUT2D eigenvalue weighted by Crippen LogP contribution is 2.62. The third-order valence-corrected chi connectivity index (χ3v) is 13.3. The monoisotopic (exact) mass is 909 g/mol. The molecule has 2 aliphatic carbocycles. The van der Waals surface area contributed by atoms with E-state index in [0.29, 0.717) is 46.9 Å². The highest BCUT2D eigenvalue weighted by atomic mass is 19.1. The molecular formula is C54H56FN3O9. The van der Waals surface area contributed by atoms with Crippen LogP contribution in [0.5, 0.6) is 17.2 Å². The lowest BCUT2D eigenvalue weighted by atomic mass is 9.55. The number of nitro groups is 1. The Morgan fingerprint density at radius 3 is 2.37 bits per heavy atom. The number of aliphatic hydroxyl groups excluding tert-OH is 2. The van der Waals surface area contributed by atoms with E-state index in [1.54, 1.807) is 41.3 Å². The van der Waals surface area contributed by atoms with Gasteiger partial charge in [-0.25, -0.2) is 4.39 Å². The predicted octanol–water partition coefficient (Wildman–Crippen LogP) is 10.7. The average Bonchev–Trinajstić information content (AvgIpc) is 3.34. The number of nitrogens with zero attached hydrogens (tertiary/aromatic N) is 3. The first-order chi connectivity index (χ1) is 32.7. The Hall–Kier alpha value is -6.67. The number of unbranched alkanes of at least 4 members (excludes halogenated alkanes) is 2. The molecule has 348 valence electrons. The van der Waals surface area contributed by atoms with E-state index in [9.17, 15) is 24.7 Å². The molecule has 13 heteroatoms. The highest BCUT2D eigenvalue weighted by molar-refractivity contribution is 6.03. The number of hydrogen-bond acceptors (Lipinski definition) is 10. The Morgan fingerprint density at radius 2 is 1.66 bits per heavy atom. The molecule has 1 heterocycles. The van der Waals surface area contributed by atoms with Crippen molar-refractivity contribution in [3.63, 3.8) is 0 Å². The van der Waals surface area contributed by atoms with E-state index in [4.69, 9.17) is 19.0 Å². The van der Waals surface area contributed by atoms with Crippen molar-refractivity contribution in [3.05, 3.63) is 172 Å². The normalized spacial score (nSPS) is 22.4. The van der Waals surface area contributed by atoms with Crippen molar-refractivity contribution in [1.29, 1.82) is 0 Å². The van der Waals surface area contributed by atoms with E-state index >= 15 is 4.79 Å². The summed E-state index contributed by atoms with van der Waals surface area (Å²) in [6, 6.07) is 30.9. The number of aliphatic hydroxyl groups is 2. The molecule has 1 aliphatic heterocycles. The first-order valence-corrected chi connectivity index (χ1v) is 22.9. The third kappa shape index (κ3) is 10.2. The molecule has 0 radical (unpaired) electrons. The Bertz CT molecular complexity index is 2650. The van der Waals surface area contributed by atoms with Crippen LogP contribution in [0.15, 0.2) is 145 Å². The molecule has 67 heavy (non-hydrogen) atoms. The molecule has 0 spiro atoms. The summed E-state index contributed by atoms with van der Waals surface area (Å²) in [4.78, 5) is 33.2. The number of nitro benzene ring substituents is 1. The molecule has 0 saturated heterocycles. The number of fused-ring (bicyclic) bond motifs is 3. The van der Waals surface area contributed by atoms with Gasteiger partial charge >= 0.3 is 0 Å². The van der Waals surface area contributed by atoms with Crippen molar-refractivity contribution in [3.8, 4) is 17.2 Å². The molecular weight excluding hydrogens is 854 g/mol. The van der Waals surface area contributed by atoms with E-state index in [1.807, 2.05) is 54.6 Å². The Kier molecular flexibility index (Phi) is 14.9. The van der Waals surface area contributed by atoms with Gasteiger partial charge in [-0.05, 0) is 126 Å². The van der Waals surface area contributed by atoms with Gasteiger partial charge in [-0.3, -0.25) is 14.9 Å². The maximum atomic E-state index is 15.0. The van der Waals surface area contributed by atoms with Crippen LogP contribution >= 0.6 is 0 Å². The second-order valence-electron chi connectivity index (χ2n) is 17.3. The van der Waals surface area contributed by atoms with Gasteiger partial charge in [0.1, 0.15) is 36.2 Å². The zero-order valence-corrected chi connectivity index (χ0v) is 37.5. The number of benzene rings is 5. The lowest BCUT2D eigenvalue weighted by Crippen LogP contribution is -2.70. The van der Waals surface area contributed by atoms with Crippen LogP contribution in [0.1, 0.15) is 67.6 Å². The number of oxime groups is 1. The predicted molar refractivity (Wildman–Crippen MR) is 255 cm³/mol. The van der Waals surface area contributed by atoms with Gasteiger partial charge in [0.25, 0.3) is 5.69 Å². The number of hydrogen-bond donors (Lipinski definition) is 2. The quantitative estimate of drug-likeness (QED) is 0.0255. The van der Waals surface area contributed by atoms with Crippen molar-refractivity contribution in [2.24, 2.45) is 22.9 Å². The van der Waals surface area contributed by atoms with Crippen LogP contribution in [0.4, 0.5) is 10.1 Å². The van der Waals surface area contributed by atoms with Crippen molar-refractivity contribution in [2.45, 2.75) is 69.2 Å². The summed E-state index contributed by atoms with van der Waals surface area (Å²) in [5, 5.41) is 38.2. The number of carbonyl (C=O) groups is 1. The van der Waals surface area contributed by atoms with E-state index < -0.39 is 34.4 Å². The van der Waals surface area contributed by atoms with Crippen molar-refractivity contribution in [2.75, 3.05) is 26.9 Å². The molecule has 1 amide bonds. The number of allylic oxidation sites excluding steroid dienone is 1. The fourth-order valence-corrected chi connectivity index (χ4v) is 10.3. The van der Waals surface area contributed by atoms with Gasteiger partial charge in [0.15, 0.2) is 0 Å². The van der Waals surface area contributed by atoms with Crippen LogP contribution in [0, 0.1) is 33.7 Å². The van der Waals surface area contributed by atoms with E-state index in [-0.39, 0.29) is 56.2 Å². The SMILES string of the molecule is C=CCOC12Oc3ccc(Oc4ccc5ccccc5c4)cc3C3C(CCCCO)C(CCCCO)C=C(C(=NOC)CC1N(Cc1ccc(F)cc1)C(=O)C=Cc1ccc([N+](=O)[O-])cc1)C32. The zero-order valence-electron chi connectivity index (χ0n) is 37.5. The smallest absolute Gasteiger partial charge is 0.269 e. The van der Waals surface area contributed by atoms with Crippen LogP contribution in [-0.4, -0.2) is 70.4 Å². The number of ether oxygens (including phenoxy) is 3. The summed E-state index contributed by atoms with van der Waals surface area (Å²) in [5.74, 6) is -1.40. The van der Waals surface area contributed by atoms with Gasteiger partial charge in [-0.1, -0.05) is 72.6 Å². The summed E-state index contributed by atoms with van der Waals surface area (Å²) < 4.78 is 35.5. The second-order valence-corrected chi connectivity index (χ2v) is 17.3.